The molecular weight excluding hydrogens is 240 g/mol. The average molecular weight is 253 g/mol. The number of nitrogens with two attached hydrogens (primary N) is 2. The number of benzene rings is 1. The molecule has 0 amide bonds. The minimum absolute atomic E-state index is 0.274. The molecular formula is C11H13ClN4O. The number of ether oxygens (including phenoxy) is 1. The first-order valence-electron chi connectivity index (χ1n) is 5.02. The van der Waals surface area contributed by atoms with Gasteiger partial charge < -0.3 is 16.2 Å². The lowest BCUT2D eigenvalue weighted by atomic mass is 10.2. The second kappa shape index (κ2) is 4.55. The van der Waals surface area contributed by atoms with Gasteiger partial charge in [0.2, 0.25) is 5.88 Å². The Morgan fingerprint density at radius 3 is 2.53 bits per heavy atom. The van der Waals surface area contributed by atoms with Gasteiger partial charge in [-0.1, -0.05) is 23.7 Å². The highest BCUT2D eigenvalue weighted by molar-refractivity contribution is 6.30. The lowest BCUT2D eigenvalue weighted by Gasteiger charge is -2.06. The van der Waals surface area contributed by atoms with Crippen molar-refractivity contribution in [2.24, 2.45) is 0 Å². The molecule has 1 aromatic carbocycles. The van der Waals surface area contributed by atoms with Gasteiger partial charge in [0.15, 0.2) is 5.82 Å². The number of halogens is 1. The maximum atomic E-state index is 5.82. The van der Waals surface area contributed by atoms with Crippen LogP contribution in [0.15, 0.2) is 24.3 Å². The van der Waals surface area contributed by atoms with Gasteiger partial charge >= 0.3 is 0 Å². The summed E-state index contributed by atoms with van der Waals surface area (Å²) in [6, 6.07) is 7.46. The van der Waals surface area contributed by atoms with Crippen LogP contribution in [0.4, 0.5) is 11.5 Å². The van der Waals surface area contributed by atoms with Gasteiger partial charge in [0.1, 0.15) is 5.69 Å². The van der Waals surface area contributed by atoms with Crippen molar-refractivity contribution in [1.82, 2.24) is 9.78 Å². The summed E-state index contributed by atoms with van der Waals surface area (Å²) >= 11 is 5.82. The zero-order chi connectivity index (χ0) is 12.4. The van der Waals surface area contributed by atoms with Crippen LogP contribution in [0.25, 0.3) is 0 Å². The highest BCUT2D eigenvalue weighted by Crippen LogP contribution is 2.27. The van der Waals surface area contributed by atoms with Gasteiger partial charge in [-0.25, -0.2) is 4.68 Å². The van der Waals surface area contributed by atoms with Gasteiger partial charge in [0.25, 0.3) is 0 Å². The molecule has 6 heteroatoms. The predicted octanol–water partition coefficient (Wildman–Crippen LogP) is 1.76. The van der Waals surface area contributed by atoms with E-state index >= 15 is 0 Å². The molecule has 0 atom stereocenters. The molecule has 0 radical (unpaired) electrons. The Bertz CT molecular complexity index is 521. The topological polar surface area (TPSA) is 79.1 Å². The van der Waals surface area contributed by atoms with Crippen LogP contribution in [0.3, 0.4) is 0 Å². The minimum atomic E-state index is 0.274. The number of methoxy groups -OCH3 is 1. The molecule has 4 N–H and O–H groups in total. The molecule has 1 heterocycles. The van der Waals surface area contributed by atoms with Crippen molar-refractivity contribution in [3.8, 4) is 5.88 Å². The van der Waals surface area contributed by atoms with E-state index in [1.165, 1.54) is 7.11 Å². The molecule has 5 nitrogen and oxygen atoms in total. The predicted molar refractivity (Wildman–Crippen MR) is 68.2 cm³/mol. The van der Waals surface area contributed by atoms with Gasteiger partial charge in [-0.3, -0.25) is 0 Å². The van der Waals surface area contributed by atoms with Crippen LogP contribution in [0, 0.1) is 0 Å². The van der Waals surface area contributed by atoms with Crippen LogP contribution in [-0.2, 0) is 6.54 Å². The Balaban J connectivity index is 2.29. The molecule has 2 rings (SSSR count). The minimum Gasteiger partial charge on any atom is -0.480 e. The van der Waals surface area contributed by atoms with Crippen molar-refractivity contribution in [3.05, 3.63) is 34.9 Å². The van der Waals surface area contributed by atoms with E-state index in [-0.39, 0.29) is 5.82 Å². The zero-order valence-corrected chi connectivity index (χ0v) is 10.1. The largest absolute Gasteiger partial charge is 0.480 e. The van der Waals surface area contributed by atoms with Crippen molar-refractivity contribution in [2.45, 2.75) is 6.54 Å². The summed E-state index contributed by atoms with van der Waals surface area (Å²) in [6.45, 7) is 0.530. The summed E-state index contributed by atoms with van der Waals surface area (Å²) < 4.78 is 6.78. The summed E-state index contributed by atoms with van der Waals surface area (Å²) in [6.07, 6.45) is 0. The molecule has 0 aliphatic rings. The van der Waals surface area contributed by atoms with E-state index in [0.717, 1.165) is 5.56 Å². The van der Waals surface area contributed by atoms with Crippen LogP contribution < -0.4 is 16.2 Å². The van der Waals surface area contributed by atoms with E-state index < -0.39 is 0 Å². The molecule has 0 saturated carbocycles. The fourth-order valence-electron chi connectivity index (χ4n) is 1.56. The van der Waals surface area contributed by atoms with Crippen molar-refractivity contribution >= 4 is 23.1 Å². The summed E-state index contributed by atoms with van der Waals surface area (Å²) in [5.74, 6) is 0.744. The van der Waals surface area contributed by atoms with Crippen molar-refractivity contribution < 1.29 is 4.74 Å². The number of anilines is 2. The highest BCUT2D eigenvalue weighted by atomic mass is 35.5. The molecule has 0 aliphatic heterocycles. The van der Waals surface area contributed by atoms with E-state index in [9.17, 15) is 0 Å². The van der Waals surface area contributed by atoms with Crippen molar-refractivity contribution in [1.29, 1.82) is 0 Å². The number of nitrogens with zero attached hydrogens (tertiary/aromatic N) is 2. The lowest BCUT2D eigenvalue weighted by molar-refractivity contribution is 0.368. The fraction of sp³-hybridized carbons (Fsp3) is 0.182. The molecule has 1 aromatic heterocycles. The normalized spacial score (nSPS) is 10.5. The Kier molecular flexibility index (Phi) is 3.10. The standard InChI is InChI=1S/C11H13ClN4O/c1-17-11-9(13)10(14)15-16(11)6-7-2-4-8(12)5-3-7/h2-5H,6,13H2,1H3,(H2,14,15). The van der Waals surface area contributed by atoms with E-state index in [2.05, 4.69) is 5.10 Å². The molecule has 0 spiro atoms. The maximum Gasteiger partial charge on any atom is 0.238 e. The summed E-state index contributed by atoms with van der Waals surface area (Å²) in [5, 5.41) is 4.80. The van der Waals surface area contributed by atoms with Crippen LogP contribution in [0.5, 0.6) is 5.88 Å². The Hall–Kier alpha value is -1.88. The monoisotopic (exact) mass is 252 g/mol. The first kappa shape index (κ1) is 11.6. The van der Waals surface area contributed by atoms with Gasteiger partial charge in [0, 0.05) is 5.02 Å². The number of hydrogen-bond acceptors (Lipinski definition) is 4. The number of aromatic nitrogens is 2. The lowest BCUT2D eigenvalue weighted by Crippen LogP contribution is -2.04. The van der Waals surface area contributed by atoms with E-state index in [1.807, 2.05) is 24.3 Å². The zero-order valence-electron chi connectivity index (χ0n) is 9.35. The van der Waals surface area contributed by atoms with Crippen molar-refractivity contribution in [3.63, 3.8) is 0 Å². The summed E-state index contributed by atoms with van der Waals surface area (Å²) in [7, 11) is 1.53. The van der Waals surface area contributed by atoms with E-state index in [4.69, 9.17) is 27.8 Å². The molecule has 0 bridgehead atoms. The number of nitrogen functional groups attached to an aromatic ring is 2. The molecule has 2 aromatic rings. The van der Waals surface area contributed by atoms with E-state index in [1.54, 1.807) is 4.68 Å². The highest BCUT2D eigenvalue weighted by Gasteiger charge is 2.13. The van der Waals surface area contributed by atoms with Gasteiger partial charge in [-0.2, -0.15) is 0 Å². The van der Waals surface area contributed by atoms with Crippen LogP contribution in [0.2, 0.25) is 5.02 Å². The Morgan fingerprint density at radius 1 is 1.29 bits per heavy atom. The Morgan fingerprint density at radius 2 is 1.94 bits per heavy atom. The fourth-order valence-corrected chi connectivity index (χ4v) is 1.69. The molecule has 0 aliphatic carbocycles. The SMILES string of the molecule is COc1c(N)c(N)nn1Cc1ccc(Cl)cc1. The molecule has 0 saturated heterocycles. The Labute approximate surface area is 104 Å². The van der Waals surface area contributed by atoms with E-state index in [0.29, 0.717) is 23.1 Å². The second-order valence-electron chi connectivity index (χ2n) is 3.59. The second-order valence-corrected chi connectivity index (χ2v) is 4.03. The van der Waals surface area contributed by atoms with Crippen LogP contribution >= 0.6 is 11.6 Å². The molecule has 0 fully saturated rings. The maximum absolute atomic E-state index is 5.82. The molecule has 0 unspecified atom stereocenters. The van der Waals surface area contributed by atoms with Gasteiger partial charge in [-0.05, 0) is 17.7 Å². The number of hydrogen-bond donors (Lipinski definition) is 2. The van der Waals surface area contributed by atoms with Gasteiger partial charge in [-0.15, -0.1) is 5.10 Å². The van der Waals surface area contributed by atoms with Gasteiger partial charge in [0.05, 0.1) is 13.7 Å². The quantitative estimate of drug-likeness (QED) is 0.872. The smallest absolute Gasteiger partial charge is 0.238 e. The number of rotatable bonds is 3. The van der Waals surface area contributed by atoms with Crippen molar-refractivity contribution in [2.75, 3.05) is 18.6 Å². The molecule has 90 valence electrons. The summed E-state index contributed by atoms with van der Waals surface area (Å²) in [4.78, 5) is 0. The average Bonchev–Trinajstić information content (AvgIpc) is 2.58. The first-order chi connectivity index (χ1) is 8.11. The van der Waals surface area contributed by atoms with Crippen LogP contribution in [-0.4, -0.2) is 16.9 Å². The summed E-state index contributed by atoms with van der Waals surface area (Å²) in [5.41, 5.74) is 12.8. The molecule has 17 heavy (non-hydrogen) atoms. The third-order valence-electron chi connectivity index (χ3n) is 2.41. The van der Waals surface area contributed by atoms with Crippen LogP contribution in [0.1, 0.15) is 5.56 Å². The third kappa shape index (κ3) is 2.29. The third-order valence-corrected chi connectivity index (χ3v) is 2.66. The first-order valence-corrected chi connectivity index (χ1v) is 5.40.